The molecule has 2 atom stereocenters. The molecule has 0 bridgehead atoms. The SMILES string of the molecule is CC(COC1CCOC1)NCc1ccco1. The molecule has 0 aliphatic carbocycles. The molecule has 0 spiro atoms. The van der Waals surface area contributed by atoms with Crippen molar-refractivity contribution in [3.05, 3.63) is 24.2 Å². The Morgan fingerprint density at radius 3 is 3.25 bits per heavy atom. The van der Waals surface area contributed by atoms with Crippen molar-refractivity contribution in [1.82, 2.24) is 5.32 Å². The zero-order valence-electron chi connectivity index (χ0n) is 9.65. The molecule has 0 radical (unpaired) electrons. The van der Waals surface area contributed by atoms with Gasteiger partial charge in [-0.2, -0.15) is 0 Å². The van der Waals surface area contributed by atoms with Crippen molar-refractivity contribution < 1.29 is 13.9 Å². The minimum atomic E-state index is 0.285. The van der Waals surface area contributed by atoms with Gasteiger partial charge in [0.2, 0.25) is 0 Å². The summed E-state index contributed by atoms with van der Waals surface area (Å²) in [6, 6.07) is 4.19. The number of ether oxygens (including phenoxy) is 2. The van der Waals surface area contributed by atoms with Crippen LogP contribution in [0.3, 0.4) is 0 Å². The van der Waals surface area contributed by atoms with Gasteiger partial charge >= 0.3 is 0 Å². The summed E-state index contributed by atoms with van der Waals surface area (Å²) >= 11 is 0. The molecule has 1 N–H and O–H groups in total. The van der Waals surface area contributed by atoms with E-state index in [-0.39, 0.29) is 6.10 Å². The maximum Gasteiger partial charge on any atom is 0.117 e. The molecule has 2 heterocycles. The van der Waals surface area contributed by atoms with Crippen molar-refractivity contribution >= 4 is 0 Å². The van der Waals surface area contributed by atoms with E-state index in [1.807, 2.05) is 12.1 Å². The van der Waals surface area contributed by atoms with E-state index in [4.69, 9.17) is 13.9 Å². The zero-order chi connectivity index (χ0) is 11.2. The standard InChI is InChI=1S/C12H19NO3/c1-10(8-16-12-4-6-14-9-12)13-7-11-3-2-5-15-11/h2-3,5,10,12-13H,4,6-9H2,1H3. The van der Waals surface area contributed by atoms with Crippen molar-refractivity contribution in [2.45, 2.75) is 32.0 Å². The summed E-state index contributed by atoms with van der Waals surface area (Å²) in [4.78, 5) is 0. The molecule has 0 aromatic carbocycles. The van der Waals surface area contributed by atoms with Crippen LogP contribution in [0, 0.1) is 0 Å². The molecule has 1 aliphatic rings. The fourth-order valence-corrected chi connectivity index (χ4v) is 1.67. The van der Waals surface area contributed by atoms with Crippen molar-refractivity contribution in [3.63, 3.8) is 0 Å². The van der Waals surface area contributed by atoms with Crippen molar-refractivity contribution in [2.24, 2.45) is 0 Å². The molecule has 16 heavy (non-hydrogen) atoms. The monoisotopic (exact) mass is 225 g/mol. The third-order valence-electron chi connectivity index (χ3n) is 2.67. The van der Waals surface area contributed by atoms with Gasteiger partial charge in [-0.25, -0.2) is 0 Å². The summed E-state index contributed by atoms with van der Waals surface area (Å²) in [5.41, 5.74) is 0. The molecule has 1 aromatic heterocycles. The Bertz CT molecular complexity index is 280. The Hall–Kier alpha value is -0.840. The highest BCUT2D eigenvalue weighted by atomic mass is 16.5. The van der Waals surface area contributed by atoms with E-state index in [1.54, 1.807) is 6.26 Å². The Kier molecular flexibility index (Phi) is 4.39. The lowest BCUT2D eigenvalue weighted by Crippen LogP contribution is -2.32. The topological polar surface area (TPSA) is 43.6 Å². The van der Waals surface area contributed by atoms with Gasteiger partial charge in [0.1, 0.15) is 5.76 Å². The maximum atomic E-state index is 5.72. The van der Waals surface area contributed by atoms with Crippen molar-refractivity contribution in [2.75, 3.05) is 19.8 Å². The van der Waals surface area contributed by atoms with Gasteiger partial charge in [-0.1, -0.05) is 0 Å². The Morgan fingerprint density at radius 1 is 1.62 bits per heavy atom. The molecule has 1 fully saturated rings. The van der Waals surface area contributed by atoms with Crippen LogP contribution >= 0.6 is 0 Å². The molecule has 1 saturated heterocycles. The van der Waals surface area contributed by atoms with E-state index in [2.05, 4.69) is 12.2 Å². The molecule has 0 saturated carbocycles. The highest BCUT2D eigenvalue weighted by Gasteiger charge is 2.16. The van der Waals surface area contributed by atoms with E-state index in [0.717, 1.165) is 31.9 Å². The third kappa shape index (κ3) is 3.63. The summed E-state index contributed by atoms with van der Waals surface area (Å²) < 4.78 is 16.2. The first-order valence-electron chi connectivity index (χ1n) is 5.79. The van der Waals surface area contributed by atoms with Crippen LogP contribution in [0.2, 0.25) is 0 Å². The first-order valence-corrected chi connectivity index (χ1v) is 5.79. The minimum absolute atomic E-state index is 0.285. The summed E-state index contributed by atoms with van der Waals surface area (Å²) in [6.45, 7) is 5.15. The van der Waals surface area contributed by atoms with Gasteiger partial charge in [0, 0.05) is 12.6 Å². The van der Waals surface area contributed by atoms with Crippen LogP contribution in [-0.2, 0) is 16.0 Å². The first kappa shape index (κ1) is 11.6. The van der Waals surface area contributed by atoms with E-state index >= 15 is 0 Å². The van der Waals surface area contributed by atoms with Crippen LogP contribution in [0.1, 0.15) is 19.1 Å². The second-order valence-electron chi connectivity index (χ2n) is 4.18. The predicted molar refractivity (Wildman–Crippen MR) is 60.2 cm³/mol. The number of nitrogens with one attached hydrogen (secondary N) is 1. The molecular weight excluding hydrogens is 206 g/mol. The molecule has 4 heteroatoms. The highest BCUT2D eigenvalue weighted by Crippen LogP contribution is 2.08. The molecule has 0 amide bonds. The van der Waals surface area contributed by atoms with Gasteiger partial charge in [0.25, 0.3) is 0 Å². The maximum absolute atomic E-state index is 5.72. The second-order valence-corrected chi connectivity index (χ2v) is 4.18. The summed E-state index contributed by atoms with van der Waals surface area (Å²) in [7, 11) is 0. The molecule has 2 unspecified atom stereocenters. The number of furan rings is 1. The van der Waals surface area contributed by atoms with Gasteiger partial charge in [-0.15, -0.1) is 0 Å². The third-order valence-corrected chi connectivity index (χ3v) is 2.67. The van der Waals surface area contributed by atoms with E-state index in [1.165, 1.54) is 0 Å². The summed E-state index contributed by atoms with van der Waals surface area (Å²) in [6.07, 6.45) is 2.99. The van der Waals surface area contributed by atoms with E-state index < -0.39 is 0 Å². The quantitative estimate of drug-likeness (QED) is 0.798. The lowest BCUT2D eigenvalue weighted by molar-refractivity contribution is 0.0320. The number of hydrogen-bond donors (Lipinski definition) is 1. The molecule has 90 valence electrons. The largest absolute Gasteiger partial charge is 0.468 e. The van der Waals surface area contributed by atoms with Gasteiger partial charge in [-0.3, -0.25) is 0 Å². The van der Waals surface area contributed by atoms with Crippen molar-refractivity contribution in [1.29, 1.82) is 0 Å². The van der Waals surface area contributed by atoms with Crippen LogP contribution < -0.4 is 5.32 Å². The molecular formula is C12H19NO3. The van der Waals surface area contributed by atoms with Gasteiger partial charge < -0.3 is 19.2 Å². The van der Waals surface area contributed by atoms with Gasteiger partial charge in [0.15, 0.2) is 0 Å². The Balaban J connectivity index is 1.58. The van der Waals surface area contributed by atoms with Crippen LogP contribution in [0.5, 0.6) is 0 Å². The lowest BCUT2D eigenvalue weighted by Gasteiger charge is -2.16. The summed E-state index contributed by atoms with van der Waals surface area (Å²) in [5, 5.41) is 3.35. The lowest BCUT2D eigenvalue weighted by atomic mass is 10.3. The Morgan fingerprint density at radius 2 is 2.56 bits per heavy atom. The van der Waals surface area contributed by atoms with Crippen molar-refractivity contribution in [3.8, 4) is 0 Å². The fraction of sp³-hybridized carbons (Fsp3) is 0.667. The van der Waals surface area contributed by atoms with Crippen LogP contribution in [0.4, 0.5) is 0 Å². The summed E-state index contributed by atoms with van der Waals surface area (Å²) in [5.74, 6) is 0.955. The van der Waals surface area contributed by atoms with Crippen LogP contribution in [0.25, 0.3) is 0 Å². The molecule has 1 aromatic rings. The average Bonchev–Trinajstić information content (AvgIpc) is 2.96. The molecule has 4 nitrogen and oxygen atoms in total. The van der Waals surface area contributed by atoms with Crippen LogP contribution in [0.15, 0.2) is 22.8 Å². The van der Waals surface area contributed by atoms with Crippen LogP contribution in [-0.4, -0.2) is 32.0 Å². The Labute approximate surface area is 95.9 Å². The van der Waals surface area contributed by atoms with Gasteiger partial charge in [0.05, 0.1) is 32.1 Å². The fourth-order valence-electron chi connectivity index (χ4n) is 1.67. The second kappa shape index (κ2) is 6.03. The molecule has 2 rings (SSSR count). The van der Waals surface area contributed by atoms with E-state index in [0.29, 0.717) is 12.6 Å². The predicted octanol–water partition coefficient (Wildman–Crippen LogP) is 1.56. The molecule has 1 aliphatic heterocycles. The normalized spacial score (nSPS) is 22.4. The first-order chi connectivity index (χ1) is 7.84. The van der Waals surface area contributed by atoms with Gasteiger partial charge in [-0.05, 0) is 25.5 Å². The average molecular weight is 225 g/mol. The number of rotatable bonds is 6. The minimum Gasteiger partial charge on any atom is -0.468 e. The highest BCUT2D eigenvalue weighted by molar-refractivity contribution is 4.97. The van der Waals surface area contributed by atoms with E-state index in [9.17, 15) is 0 Å². The number of hydrogen-bond acceptors (Lipinski definition) is 4. The smallest absolute Gasteiger partial charge is 0.117 e. The zero-order valence-corrected chi connectivity index (χ0v) is 9.65.